The number of hydrogen-bond acceptors (Lipinski definition) is 2. The summed E-state index contributed by atoms with van der Waals surface area (Å²) in [5.41, 5.74) is 4.03. The van der Waals surface area contributed by atoms with Crippen LogP contribution < -0.4 is 5.32 Å². The van der Waals surface area contributed by atoms with Crippen molar-refractivity contribution >= 4 is 5.57 Å². The first kappa shape index (κ1) is 21.1. The molecule has 2 aliphatic heterocycles. The average Bonchev–Trinajstić information content (AvgIpc) is 2.75. The van der Waals surface area contributed by atoms with E-state index in [-0.39, 0.29) is 5.54 Å². The lowest BCUT2D eigenvalue weighted by Gasteiger charge is -2.46. The molecule has 0 radical (unpaired) electrons. The van der Waals surface area contributed by atoms with Crippen LogP contribution in [-0.2, 0) is 6.18 Å². The highest BCUT2D eigenvalue weighted by Crippen LogP contribution is 2.37. The van der Waals surface area contributed by atoms with Crippen LogP contribution in [-0.4, -0.2) is 36.6 Å². The minimum absolute atomic E-state index is 0.248. The molecule has 2 heterocycles. The third-order valence-corrected chi connectivity index (χ3v) is 6.73. The van der Waals surface area contributed by atoms with E-state index in [9.17, 15) is 13.2 Å². The van der Waals surface area contributed by atoms with E-state index in [0.29, 0.717) is 0 Å². The number of piperidine rings is 2. The molecule has 0 amide bonds. The fourth-order valence-electron chi connectivity index (χ4n) is 4.85. The molecule has 1 N–H and O–H groups in total. The zero-order valence-corrected chi connectivity index (χ0v) is 17.4. The Labute approximate surface area is 176 Å². The van der Waals surface area contributed by atoms with E-state index in [4.69, 9.17) is 0 Å². The maximum atomic E-state index is 13.0. The number of benzene rings is 2. The lowest BCUT2D eigenvalue weighted by molar-refractivity contribution is -0.137. The van der Waals surface area contributed by atoms with Crippen LogP contribution in [0.2, 0.25) is 0 Å². The van der Waals surface area contributed by atoms with E-state index in [1.54, 1.807) is 12.1 Å². The van der Waals surface area contributed by atoms with Gasteiger partial charge in [-0.2, -0.15) is 13.2 Å². The van der Waals surface area contributed by atoms with Gasteiger partial charge >= 0.3 is 6.18 Å². The van der Waals surface area contributed by atoms with Crippen LogP contribution in [0.5, 0.6) is 0 Å². The summed E-state index contributed by atoms with van der Waals surface area (Å²) in [5, 5.41) is 3.45. The number of halogens is 3. The molecule has 0 atom stereocenters. The van der Waals surface area contributed by atoms with Crippen molar-refractivity contribution in [2.75, 3.05) is 26.2 Å². The Morgan fingerprint density at radius 1 is 0.867 bits per heavy atom. The predicted molar refractivity (Wildman–Crippen MR) is 115 cm³/mol. The van der Waals surface area contributed by atoms with Gasteiger partial charge in [0.2, 0.25) is 0 Å². The van der Waals surface area contributed by atoms with Gasteiger partial charge in [-0.25, -0.2) is 0 Å². The number of hydrogen-bond donors (Lipinski definition) is 1. The molecule has 160 valence electrons. The van der Waals surface area contributed by atoms with Crippen LogP contribution in [0.4, 0.5) is 13.2 Å². The van der Waals surface area contributed by atoms with Gasteiger partial charge in [0.25, 0.3) is 0 Å². The van der Waals surface area contributed by atoms with Gasteiger partial charge in [-0.3, -0.25) is 4.90 Å². The fourth-order valence-corrected chi connectivity index (χ4v) is 4.85. The van der Waals surface area contributed by atoms with Crippen molar-refractivity contribution in [3.63, 3.8) is 0 Å². The topological polar surface area (TPSA) is 15.3 Å². The first-order chi connectivity index (χ1) is 14.4. The first-order valence-electron chi connectivity index (χ1n) is 10.8. The number of likely N-dealkylation sites (tertiary alicyclic amines) is 1. The van der Waals surface area contributed by atoms with Crippen molar-refractivity contribution < 1.29 is 13.2 Å². The highest BCUT2D eigenvalue weighted by Gasteiger charge is 2.35. The number of nitrogens with one attached hydrogen (secondary N) is 1. The van der Waals surface area contributed by atoms with Crippen molar-refractivity contribution in [2.24, 2.45) is 0 Å². The number of rotatable bonds is 3. The largest absolute Gasteiger partial charge is 0.416 e. The summed E-state index contributed by atoms with van der Waals surface area (Å²) in [6.07, 6.45) is -0.0796. The van der Waals surface area contributed by atoms with Gasteiger partial charge in [0.15, 0.2) is 0 Å². The molecule has 2 fully saturated rings. The van der Waals surface area contributed by atoms with Gasteiger partial charge in [0.05, 0.1) is 5.56 Å². The third-order valence-electron chi connectivity index (χ3n) is 6.73. The van der Waals surface area contributed by atoms with Crippen LogP contribution in [0.15, 0.2) is 60.2 Å². The smallest absolute Gasteiger partial charge is 0.317 e. The molecule has 2 saturated heterocycles. The molecular weight excluding hydrogens is 385 g/mol. The summed E-state index contributed by atoms with van der Waals surface area (Å²) < 4.78 is 39.1. The predicted octanol–water partition coefficient (Wildman–Crippen LogP) is 5.75. The number of alkyl halides is 3. The fraction of sp³-hybridized carbons (Fsp3) is 0.440. The Balaban J connectivity index is 1.63. The Hall–Kier alpha value is -2.11. The van der Waals surface area contributed by atoms with Crippen LogP contribution in [0.1, 0.15) is 49.3 Å². The van der Waals surface area contributed by atoms with E-state index < -0.39 is 11.7 Å². The van der Waals surface area contributed by atoms with E-state index in [1.165, 1.54) is 17.7 Å². The third kappa shape index (κ3) is 4.47. The van der Waals surface area contributed by atoms with Crippen molar-refractivity contribution in [3.05, 3.63) is 76.9 Å². The van der Waals surface area contributed by atoms with Gasteiger partial charge in [-0.05, 0) is 74.5 Å². The zero-order valence-electron chi connectivity index (χ0n) is 17.4. The van der Waals surface area contributed by atoms with Crippen LogP contribution in [0.3, 0.4) is 0 Å². The van der Waals surface area contributed by atoms with Crippen molar-refractivity contribution in [1.29, 1.82) is 0 Å². The quantitative estimate of drug-likeness (QED) is 0.688. The Morgan fingerprint density at radius 3 is 2.00 bits per heavy atom. The second-order valence-corrected chi connectivity index (χ2v) is 8.65. The first-order valence-corrected chi connectivity index (χ1v) is 10.8. The zero-order chi connectivity index (χ0) is 21.2. The maximum Gasteiger partial charge on any atom is 0.416 e. The molecule has 0 bridgehead atoms. The monoisotopic (exact) mass is 414 g/mol. The molecule has 0 unspecified atom stereocenters. The molecule has 2 aromatic carbocycles. The highest BCUT2D eigenvalue weighted by atomic mass is 19.4. The van der Waals surface area contributed by atoms with Crippen molar-refractivity contribution in [3.8, 4) is 0 Å². The number of nitrogens with zero attached hydrogens (tertiary/aromatic N) is 1. The Bertz CT molecular complexity index is 869. The molecule has 0 aliphatic carbocycles. The van der Waals surface area contributed by atoms with E-state index in [2.05, 4.69) is 29.3 Å². The summed E-state index contributed by atoms with van der Waals surface area (Å²) in [4.78, 5) is 2.62. The minimum Gasteiger partial charge on any atom is -0.317 e. The molecule has 2 aliphatic rings. The molecule has 4 rings (SSSR count). The Morgan fingerprint density at radius 2 is 1.43 bits per heavy atom. The molecular formula is C25H29F3N2. The van der Waals surface area contributed by atoms with Crippen molar-refractivity contribution in [1.82, 2.24) is 10.2 Å². The molecule has 0 spiro atoms. The van der Waals surface area contributed by atoms with Crippen LogP contribution in [0, 0.1) is 0 Å². The second-order valence-electron chi connectivity index (χ2n) is 8.65. The normalized spacial score (nSPS) is 20.2. The maximum absolute atomic E-state index is 13.0. The Kier molecular flexibility index (Phi) is 6.03. The molecule has 0 saturated carbocycles. The molecule has 0 aromatic heterocycles. The second kappa shape index (κ2) is 8.56. The summed E-state index contributed by atoms with van der Waals surface area (Å²) in [6.45, 7) is 6.51. The summed E-state index contributed by atoms with van der Waals surface area (Å²) in [5.74, 6) is 0. The summed E-state index contributed by atoms with van der Waals surface area (Å²) in [7, 11) is 0. The van der Waals surface area contributed by atoms with Gasteiger partial charge in [-0.1, -0.05) is 48.0 Å². The van der Waals surface area contributed by atoms with E-state index >= 15 is 0 Å². The minimum atomic E-state index is -4.31. The SMILES string of the molecule is CC1(N2CCC(=C(c3ccccc3)c3ccc(C(F)(F)F)cc3)CC2)CCNCC1. The van der Waals surface area contributed by atoms with Crippen molar-refractivity contribution in [2.45, 2.75) is 44.3 Å². The lowest BCUT2D eigenvalue weighted by Crippen LogP contribution is -2.54. The van der Waals surface area contributed by atoms with E-state index in [0.717, 1.165) is 68.6 Å². The molecule has 2 aromatic rings. The van der Waals surface area contributed by atoms with Gasteiger partial charge in [0, 0.05) is 18.6 Å². The van der Waals surface area contributed by atoms with Crippen LogP contribution in [0.25, 0.3) is 5.57 Å². The molecule has 30 heavy (non-hydrogen) atoms. The molecule has 5 heteroatoms. The van der Waals surface area contributed by atoms with Gasteiger partial charge in [-0.15, -0.1) is 0 Å². The summed E-state index contributed by atoms with van der Waals surface area (Å²) in [6, 6.07) is 15.7. The average molecular weight is 415 g/mol. The standard InChI is InChI=1S/C25H29F3N2/c1-24(13-15-29-16-14-24)30-17-11-21(12-18-30)23(19-5-3-2-4-6-19)20-7-9-22(10-8-20)25(26,27)28/h2-10,29H,11-18H2,1H3. The molecule has 2 nitrogen and oxygen atoms in total. The van der Waals surface area contributed by atoms with E-state index in [1.807, 2.05) is 18.2 Å². The van der Waals surface area contributed by atoms with Gasteiger partial charge in [0.1, 0.15) is 0 Å². The van der Waals surface area contributed by atoms with Gasteiger partial charge < -0.3 is 5.32 Å². The summed E-state index contributed by atoms with van der Waals surface area (Å²) >= 11 is 0. The highest BCUT2D eigenvalue weighted by molar-refractivity contribution is 5.82. The lowest BCUT2D eigenvalue weighted by atomic mass is 9.84. The van der Waals surface area contributed by atoms with Crippen LogP contribution >= 0.6 is 0 Å².